The Morgan fingerprint density at radius 2 is 1.00 bits per heavy atom. The predicted molar refractivity (Wildman–Crippen MR) is 126 cm³/mol. The monoisotopic (exact) mass is 468 g/mol. The second-order valence-electron chi connectivity index (χ2n) is 10.1. The third kappa shape index (κ3) is 17.9. The van der Waals surface area contributed by atoms with Crippen LogP contribution < -0.4 is 18.1 Å². The molecule has 5 nitrogen and oxygen atoms in total. The van der Waals surface area contributed by atoms with E-state index in [0.29, 0.717) is 6.42 Å². The average molecular weight is 469 g/mol. The van der Waals surface area contributed by atoms with Crippen molar-refractivity contribution < 1.29 is 32.4 Å². The molecular formula is C23H53ClN2O3Si. The highest BCUT2D eigenvalue weighted by Gasteiger charge is 2.46. The van der Waals surface area contributed by atoms with Gasteiger partial charge in [-0.1, -0.05) is 108 Å². The second-order valence-corrected chi connectivity index (χ2v) is 11.3. The normalized spacial score (nSPS) is 14.5. The number of aliphatic hydroxyl groups is 1. The molecule has 0 aromatic heterocycles. The number of hydrogen-bond acceptors (Lipinski definition) is 4. The maximum Gasteiger partial charge on any atom is 0.310 e. The molecule has 30 heavy (non-hydrogen) atoms. The van der Waals surface area contributed by atoms with Crippen LogP contribution in [0.3, 0.4) is 0 Å². The Morgan fingerprint density at radius 1 is 0.700 bits per heavy atom. The molecule has 7 heteroatoms. The molecule has 0 aliphatic rings. The lowest BCUT2D eigenvalue weighted by molar-refractivity contribution is -1.20. The highest BCUT2D eigenvalue weighted by Crippen LogP contribution is 2.29. The van der Waals surface area contributed by atoms with Crippen LogP contribution in [0, 0.1) is 0 Å². The van der Waals surface area contributed by atoms with E-state index in [9.17, 15) is 15.5 Å². The molecule has 0 saturated heterocycles. The molecule has 5 N–H and O–H groups in total. The molecule has 0 aliphatic carbocycles. The van der Waals surface area contributed by atoms with E-state index in [4.69, 9.17) is 5.73 Å². The molecule has 0 aromatic rings. The van der Waals surface area contributed by atoms with Gasteiger partial charge in [0.15, 0.2) is 5.66 Å². The van der Waals surface area contributed by atoms with Gasteiger partial charge in [0, 0.05) is 12.8 Å². The van der Waals surface area contributed by atoms with Crippen molar-refractivity contribution in [1.82, 2.24) is 0 Å². The van der Waals surface area contributed by atoms with E-state index >= 15 is 0 Å². The lowest BCUT2D eigenvalue weighted by Gasteiger charge is -2.40. The van der Waals surface area contributed by atoms with Crippen molar-refractivity contribution >= 4 is 10.4 Å². The SMILES string of the molecule is CCCCCCCCCCCCCCCCCCC(N)(CC(C)(C)O)[N+](O)(O)[SiH3].[Cl-]. The van der Waals surface area contributed by atoms with Crippen LogP contribution in [0.2, 0.25) is 0 Å². The smallest absolute Gasteiger partial charge is 0.310 e. The molecule has 0 amide bonds. The van der Waals surface area contributed by atoms with Gasteiger partial charge < -0.3 is 17.5 Å². The van der Waals surface area contributed by atoms with Gasteiger partial charge in [0.05, 0.1) is 5.60 Å². The lowest BCUT2D eigenvalue weighted by Crippen LogP contribution is -3.00. The first-order chi connectivity index (χ1) is 13.5. The zero-order chi connectivity index (χ0) is 22.2. The summed E-state index contributed by atoms with van der Waals surface area (Å²) < 4.78 is -1.16. The molecule has 0 aromatic carbocycles. The number of quaternary nitrogens is 1. The summed E-state index contributed by atoms with van der Waals surface area (Å²) in [6, 6.07) is 0. The van der Waals surface area contributed by atoms with Gasteiger partial charge >= 0.3 is 10.4 Å². The lowest BCUT2D eigenvalue weighted by atomic mass is 9.90. The predicted octanol–water partition coefficient (Wildman–Crippen LogP) is 2.33. The largest absolute Gasteiger partial charge is 1.00 e. The van der Waals surface area contributed by atoms with Crippen molar-refractivity contribution in [3.05, 3.63) is 0 Å². The zero-order valence-corrected chi connectivity index (χ0v) is 23.2. The van der Waals surface area contributed by atoms with Gasteiger partial charge in [-0.3, -0.25) is 5.73 Å². The molecule has 0 heterocycles. The van der Waals surface area contributed by atoms with E-state index in [-0.39, 0.29) is 29.2 Å². The highest BCUT2D eigenvalue weighted by molar-refractivity contribution is 5.96. The molecule has 0 saturated carbocycles. The minimum Gasteiger partial charge on any atom is -1.00 e. The van der Waals surface area contributed by atoms with Gasteiger partial charge in [-0.2, -0.15) is 0 Å². The third-order valence-electron chi connectivity index (χ3n) is 6.05. The van der Waals surface area contributed by atoms with Crippen LogP contribution in [-0.2, 0) is 0 Å². The quantitative estimate of drug-likeness (QED) is 0.0955. The Hall–Kier alpha value is 0.307. The standard InChI is InChI=1S/C23H53N2O3Si.ClH/c1-4-5-6-7-8-9-10-11-12-13-14-15-16-17-18-19-20-23(24,25(27,28)29)21-22(2,3)26;/h26-28H,4-21,24H2,1-3,29H3;1H/q+1;/p-1. The van der Waals surface area contributed by atoms with Crippen LogP contribution in [0.25, 0.3) is 0 Å². The minimum atomic E-state index is -1.18. The van der Waals surface area contributed by atoms with Crippen LogP contribution in [0.4, 0.5) is 0 Å². The van der Waals surface area contributed by atoms with Crippen LogP contribution in [0.1, 0.15) is 136 Å². The number of hydroxylamine groups is 2. The van der Waals surface area contributed by atoms with Crippen LogP contribution in [0.15, 0.2) is 0 Å². The average Bonchev–Trinajstić information content (AvgIpc) is 2.59. The maximum atomic E-state index is 10.1. The van der Waals surface area contributed by atoms with Gasteiger partial charge in [-0.15, -0.1) is 0 Å². The summed E-state index contributed by atoms with van der Waals surface area (Å²) in [5.41, 5.74) is 4.08. The van der Waals surface area contributed by atoms with E-state index < -0.39 is 15.7 Å². The van der Waals surface area contributed by atoms with Gasteiger partial charge in [0.1, 0.15) is 0 Å². The summed E-state index contributed by atoms with van der Waals surface area (Å²) >= 11 is 0. The number of rotatable bonds is 20. The summed E-state index contributed by atoms with van der Waals surface area (Å²) in [4.78, 5) is 0. The fourth-order valence-corrected chi connectivity index (χ4v) is 4.56. The zero-order valence-electron chi connectivity index (χ0n) is 20.5. The Bertz CT molecular complexity index is 390. The van der Waals surface area contributed by atoms with Gasteiger partial charge in [0.25, 0.3) is 0 Å². The fraction of sp³-hybridized carbons (Fsp3) is 1.00. The Kier molecular flexibility index (Phi) is 19.3. The summed E-state index contributed by atoms with van der Waals surface area (Å²) in [7, 11) is 0.113. The van der Waals surface area contributed by atoms with E-state index in [1.54, 1.807) is 13.8 Å². The Labute approximate surface area is 196 Å². The summed E-state index contributed by atoms with van der Waals surface area (Å²) in [5.74, 6) is 0. The minimum absolute atomic E-state index is 0. The molecule has 0 fully saturated rings. The van der Waals surface area contributed by atoms with Gasteiger partial charge in [-0.25, -0.2) is 10.4 Å². The van der Waals surface area contributed by atoms with Crippen LogP contribution >= 0.6 is 0 Å². The topological polar surface area (TPSA) is 86.7 Å². The van der Waals surface area contributed by atoms with E-state index in [0.717, 1.165) is 12.8 Å². The van der Waals surface area contributed by atoms with Crippen molar-refractivity contribution in [1.29, 1.82) is 0 Å². The van der Waals surface area contributed by atoms with E-state index in [1.165, 1.54) is 89.9 Å². The van der Waals surface area contributed by atoms with E-state index in [1.807, 2.05) is 0 Å². The Morgan fingerprint density at radius 3 is 1.27 bits per heavy atom. The van der Waals surface area contributed by atoms with Gasteiger partial charge in [-0.05, 0) is 20.3 Å². The molecule has 1 unspecified atom stereocenters. The molecule has 184 valence electrons. The number of nitrogens with two attached hydrogens (primary N) is 1. The molecule has 0 bridgehead atoms. The van der Waals surface area contributed by atoms with Crippen molar-refractivity contribution in [2.45, 2.75) is 148 Å². The Balaban J connectivity index is 0. The fourth-order valence-electron chi connectivity index (χ4n) is 4.18. The molecule has 0 spiro atoms. The molecule has 1 atom stereocenters. The van der Waals surface area contributed by atoms with Crippen molar-refractivity contribution in [3.8, 4) is 0 Å². The van der Waals surface area contributed by atoms with Crippen molar-refractivity contribution in [2.24, 2.45) is 5.73 Å². The van der Waals surface area contributed by atoms with Crippen molar-refractivity contribution in [3.63, 3.8) is 0 Å². The molecular weight excluding hydrogens is 416 g/mol. The first kappa shape index (κ1) is 32.5. The summed E-state index contributed by atoms with van der Waals surface area (Å²) in [6.07, 6.45) is 21.7. The first-order valence-electron chi connectivity index (χ1n) is 12.4. The number of hydrogen-bond donors (Lipinski definition) is 4. The number of nitrogens with zero attached hydrogens (tertiary/aromatic N) is 1. The molecule has 0 radical (unpaired) electrons. The number of halogens is 1. The van der Waals surface area contributed by atoms with Crippen molar-refractivity contribution in [2.75, 3.05) is 0 Å². The maximum absolute atomic E-state index is 10.1. The third-order valence-corrected chi connectivity index (χ3v) is 6.94. The van der Waals surface area contributed by atoms with E-state index in [2.05, 4.69) is 6.92 Å². The highest BCUT2D eigenvalue weighted by atomic mass is 35.5. The number of unbranched alkanes of at least 4 members (excludes halogenated alkanes) is 15. The van der Waals surface area contributed by atoms with Crippen LogP contribution in [-0.4, -0.2) is 41.7 Å². The second kappa shape index (κ2) is 17.8. The first-order valence-corrected chi connectivity index (χ1v) is 13.2. The van der Waals surface area contributed by atoms with Crippen LogP contribution in [0.5, 0.6) is 0 Å². The summed E-state index contributed by atoms with van der Waals surface area (Å²) in [5, 5.41) is 30.1. The van der Waals surface area contributed by atoms with Gasteiger partial charge in [0.2, 0.25) is 0 Å². The summed E-state index contributed by atoms with van der Waals surface area (Å²) in [6.45, 7) is 5.60. The molecule has 0 aliphatic heterocycles. The molecule has 0 rings (SSSR count).